The summed E-state index contributed by atoms with van der Waals surface area (Å²) in [6.07, 6.45) is 0. The largest absolute Gasteiger partial charge is 0.504 e. The molecule has 0 aliphatic heterocycles. The summed E-state index contributed by atoms with van der Waals surface area (Å²) >= 11 is 0. The van der Waals surface area contributed by atoms with Crippen LogP contribution in [-0.4, -0.2) is 19.3 Å². The van der Waals surface area contributed by atoms with Crippen LogP contribution in [0.25, 0.3) is 11.1 Å². The zero-order chi connectivity index (χ0) is 13.1. The minimum absolute atomic E-state index is 0.0304. The molecule has 0 saturated carbocycles. The number of aromatic hydroxyl groups is 1. The summed E-state index contributed by atoms with van der Waals surface area (Å²) in [5, 5.41) is 9.69. The molecule has 0 unspecified atom stereocenters. The van der Waals surface area contributed by atoms with Crippen LogP contribution < -0.4 is 9.47 Å². The molecule has 2 aromatic rings. The molecule has 0 heterocycles. The van der Waals surface area contributed by atoms with E-state index in [2.05, 4.69) is 0 Å². The normalized spacial score (nSPS) is 10.2. The van der Waals surface area contributed by atoms with Gasteiger partial charge in [0.15, 0.2) is 11.5 Å². The Morgan fingerprint density at radius 2 is 1.78 bits per heavy atom. The summed E-state index contributed by atoms with van der Waals surface area (Å²) in [5.41, 5.74) is 0.928. The van der Waals surface area contributed by atoms with Crippen LogP contribution >= 0.6 is 0 Å². The van der Waals surface area contributed by atoms with Crippen molar-refractivity contribution in [1.29, 1.82) is 0 Å². The molecule has 18 heavy (non-hydrogen) atoms. The van der Waals surface area contributed by atoms with E-state index in [1.54, 1.807) is 24.3 Å². The average molecular weight is 248 g/mol. The lowest BCUT2D eigenvalue weighted by molar-refractivity contribution is 0.373. The van der Waals surface area contributed by atoms with Crippen molar-refractivity contribution in [2.75, 3.05) is 14.2 Å². The molecule has 0 aliphatic rings. The molecule has 0 fully saturated rings. The Bertz CT molecular complexity index is 567. The van der Waals surface area contributed by atoms with Gasteiger partial charge < -0.3 is 14.6 Å². The van der Waals surface area contributed by atoms with E-state index < -0.39 is 0 Å². The number of methoxy groups -OCH3 is 2. The number of phenolic OH excluding ortho intramolecular Hbond substituents is 1. The van der Waals surface area contributed by atoms with Crippen molar-refractivity contribution in [2.24, 2.45) is 0 Å². The predicted molar refractivity (Wildman–Crippen MR) is 66.6 cm³/mol. The minimum atomic E-state index is -0.375. The number of ether oxygens (including phenoxy) is 2. The first-order valence-corrected chi connectivity index (χ1v) is 5.36. The van der Waals surface area contributed by atoms with Gasteiger partial charge in [0, 0.05) is 5.56 Å². The molecule has 94 valence electrons. The molecule has 0 aromatic heterocycles. The maximum absolute atomic E-state index is 13.7. The molecule has 3 nitrogen and oxygen atoms in total. The second-order valence-electron chi connectivity index (χ2n) is 3.73. The lowest BCUT2D eigenvalue weighted by Gasteiger charge is -2.09. The van der Waals surface area contributed by atoms with Gasteiger partial charge in [0.2, 0.25) is 0 Å². The van der Waals surface area contributed by atoms with Crippen molar-refractivity contribution >= 4 is 0 Å². The summed E-state index contributed by atoms with van der Waals surface area (Å²) in [6.45, 7) is 0. The van der Waals surface area contributed by atoms with Crippen LogP contribution in [0, 0.1) is 5.82 Å². The molecule has 2 aromatic carbocycles. The first kappa shape index (κ1) is 12.2. The van der Waals surface area contributed by atoms with Gasteiger partial charge in [-0.05, 0) is 35.9 Å². The van der Waals surface area contributed by atoms with E-state index in [0.29, 0.717) is 22.6 Å². The number of rotatable bonds is 3. The third-order valence-electron chi connectivity index (χ3n) is 2.66. The molecule has 0 bridgehead atoms. The lowest BCUT2D eigenvalue weighted by atomic mass is 10.0. The molecular weight excluding hydrogens is 235 g/mol. The average Bonchev–Trinajstić information content (AvgIpc) is 2.39. The fourth-order valence-electron chi connectivity index (χ4n) is 1.71. The van der Waals surface area contributed by atoms with Crippen LogP contribution in [0.15, 0.2) is 36.4 Å². The quantitative estimate of drug-likeness (QED) is 0.906. The highest BCUT2D eigenvalue weighted by atomic mass is 19.1. The van der Waals surface area contributed by atoms with Crippen molar-refractivity contribution in [3.05, 3.63) is 42.2 Å². The van der Waals surface area contributed by atoms with Gasteiger partial charge in [-0.2, -0.15) is 0 Å². The highest BCUT2D eigenvalue weighted by molar-refractivity contribution is 5.68. The molecule has 2 rings (SSSR count). The molecule has 0 aliphatic carbocycles. The second kappa shape index (κ2) is 4.96. The van der Waals surface area contributed by atoms with Crippen LogP contribution in [0.5, 0.6) is 17.2 Å². The van der Waals surface area contributed by atoms with Crippen molar-refractivity contribution in [3.8, 4) is 28.4 Å². The molecule has 4 heteroatoms. The van der Waals surface area contributed by atoms with E-state index in [1.807, 2.05) is 0 Å². The topological polar surface area (TPSA) is 38.7 Å². The minimum Gasteiger partial charge on any atom is -0.504 e. The molecule has 0 spiro atoms. The smallest absolute Gasteiger partial charge is 0.160 e. The maximum atomic E-state index is 13.7. The number of phenols is 1. The Balaban J connectivity index is 2.51. The van der Waals surface area contributed by atoms with E-state index >= 15 is 0 Å². The van der Waals surface area contributed by atoms with Crippen LogP contribution in [0.3, 0.4) is 0 Å². The van der Waals surface area contributed by atoms with Crippen LogP contribution in [0.2, 0.25) is 0 Å². The Morgan fingerprint density at radius 3 is 2.39 bits per heavy atom. The standard InChI is InChI=1S/C14H13FO3/c1-17-10-4-5-12(15)11(8-10)9-3-6-14(18-2)13(16)7-9/h3-8,16H,1-2H3. The van der Waals surface area contributed by atoms with Gasteiger partial charge in [-0.1, -0.05) is 6.07 Å². The van der Waals surface area contributed by atoms with Gasteiger partial charge in [-0.3, -0.25) is 0 Å². The molecule has 0 saturated heterocycles. The summed E-state index contributed by atoms with van der Waals surface area (Å²) in [5.74, 6) is 0.501. The second-order valence-corrected chi connectivity index (χ2v) is 3.73. The summed E-state index contributed by atoms with van der Waals surface area (Å²) in [7, 11) is 2.98. The van der Waals surface area contributed by atoms with E-state index in [4.69, 9.17) is 9.47 Å². The Hall–Kier alpha value is -2.23. The predicted octanol–water partition coefficient (Wildman–Crippen LogP) is 3.22. The first-order chi connectivity index (χ1) is 8.65. The number of halogens is 1. The zero-order valence-corrected chi connectivity index (χ0v) is 10.1. The van der Waals surface area contributed by atoms with Gasteiger partial charge in [-0.25, -0.2) is 4.39 Å². The number of benzene rings is 2. The summed E-state index contributed by atoms with van der Waals surface area (Å²) in [4.78, 5) is 0. The van der Waals surface area contributed by atoms with Crippen LogP contribution in [0.1, 0.15) is 0 Å². The Kier molecular flexibility index (Phi) is 3.37. The van der Waals surface area contributed by atoms with E-state index in [1.165, 1.54) is 26.4 Å². The van der Waals surface area contributed by atoms with Crippen LogP contribution in [0.4, 0.5) is 4.39 Å². The van der Waals surface area contributed by atoms with Crippen molar-refractivity contribution in [3.63, 3.8) is 0 Å². The summed E-state index contributed by atoms with van der Waals surface area (Å²) < 4.78 is 23.7. The van der Waals surface area contributed by atoms with Gasteiger partial charge in [0.25, 0.3) is 0 Å². The Morgan fingerprint density at radius 1 is 1.00 bits per heavy atom. The third kappa shape index (κ3) is 2.22. The van der Waals surface area contributed by atoms with Gasteiger partial charge in [0.1, 0.15) is 11.6 Å². The van der Waals surface area contributed by atoms with Gasteiger partial charge in [-0.15, -0.1) is 0 Å². The summed E-state index contributed by atoms with van der Waals surface area (Å²) in [6, 6.07) is 9.17. The first-order valence-electron chi connectivity index (χ1n) is 5.36. The molecular formula is C14H13FO3. The third-order valence-corrected chi connectivity index (χ3v) is 2.66. The lowest BCUT2D eigenvalue weighted by Crippen LogP contribution is -1.89. The maximum Gasteiger partial charge on any atom is 0.160 e. The van der Waals surface area contributed by atoms with Crippen molar-refractivity contribution in [2.45, 2.75) is 0 Å². The highest BCUT2D eigenvalue weighted by Crippen LogP contribution is 2.33. The monoisotopic (exact) mass is 248 g/mol. The van der Waals surface area contributed by atoms with E-state index in [9.17, 15) is 9.50 Å². The van der Waals surface area contributed by atoms with Crippen LogP contribution in [-0.2, 0) is 0 Å². The highest BCUT2D eigenvalue weighted by Gasteiger charge is 2.09. The van der Waals surface area contributed by atoms with Crippen molar-refractivity contribution < 1.29 is 19.0 Å². The zero-order valence-electron chi connectivity index (χ0n) is 10.1. The molecule has 0 radical (unpaired) electrons. The Labute approximate surface area is 104 Å². The van der Waals surface area contributed by atoms with Crippen molar-refractivity contribution in [1.82, 2.24) is 0 Å². The number of hydrogen-bond acceptors (Lipinski definition) is 3. The van der Waals surface area contributed by atoms with Gasteiger partial charge >= 0.3 is 0 Å². The molecule has 0 atom stereocenters. The molecule has 1 N–H and O–H groups in total. The molecule has 0 amide bonds. The van der Waals surface area contributed by atoms with E-state index in [-0.39, 0.29) is 11.6 Å². The number of hydrogen-bond donors (Lipinski definition) is 1. The van der Waals surface area contributed by atoms with Gasteiger partial charge in [0.05, 0.1) is 14.2 Å². The van der Waals surface area contributed by atoms with E-state index in [0.717, 1.165) is 0 Å². The SMILES string of the molecule is COc1ccc(F)c(-c2ccc(OC)c(O)c2)c1. The fraction of sp³-hybridized carbons (Fsp3) is 0.143. The fourth-order valence-corrected chi connectivity index (χ4v) is 1.71.